The van der Waals surface area contributed by atoms with Gasteiger partial charge in [-0.15, -0.1) is 0 Å². The number of halogens is 1. The molecule has 2 heterocycles. The zero-order valence-electron chi connectivity index (χ0n) is 15.3. The number of amides is 1. The van der Waals surface area contributed by atoms with Crippen LogP contribution in [-0.4, -0.2) is 25.2 Å². The van der Waals surface area contributed by atoms with Crippen LogP contribution in [0.3, 0.4) is 0 Å². The van der Waals surface area contributed by atoms with Crippen molar-refractivity contribution in [3.8, 4) is 11.5 Å². The lowest BCUT2D eigenvalue weighted by Crippen LogP contribution is -2.41. The van der Waals surface area contributed by atoms with Crippen LogP contribution in [0.5, 0.6) is 11.5 Å². The van der Waals surface area contributed by atoms with Gasteiger partial charge in [0.2, 0.25) is 5.91 Å². The zero-order valence-corrected chi connectivity index (χ0v) is 16.0. The van der Waals surface area contributed by atoms with Gasteiger partial charge in [0.05, 0.1) is 24.2 Å². The Kier molecular flexibility index (Phi) is 4.87. The number of carbonyl (C=O) groups is 1. The Balaban J connectivity index is 1.68. The molecule has 2 aromatic rings. The number of anilines is 1. The number of carbonyl (C=O) groups excluding carboxylic acids is 1. The van der Waals surface area contributed by atoms with Crippen molar-refractivity contribution in [1.82, 2.24) is 0 Å². The first-order chi connectivity index (χ1) is 13.0. The van der Waals surface area contributed by atoms with Gasteiger partial charge in [-0.3, -0.25) is 4.79 Å². The molecule has 6 heteroatoms. The van der Waals surface area contributed by atoms with Crippen LogP contribution in [0.1, 0.15) is 36.8 Å². The smallest absolute Gasteiger partial charge is 0.225 e. The number of nitrogens with two attached hydrogens (primary N) is 1. The molecule has 0 saturated carbocycles. The van der Waals surface area contributed by atoms with Gasteiger partial charge < -0.3 is 20.1 Å². The van der Waals surface area contributed by atoms with E-state index in [0.717, 1.165) is 23.2 Å². The van der Waals surface area contributed by atoms with Gasteiger partial charge in [0, 0.05) is 24.7 Å². The SMILES string of the molecule is C[C@H]1C[C@@H](C(N)=O)c2ccccc2N1Cc1cc(Cl)c2c(c1)OCCCO2. The largest absolute Gasteiger partial charge is 0.489 e. The molecule has 5 nitrogen and oxygen atoms in total. The zero-order chi connectivity index (χ0) is 19.0. The summed E-state index contributed by atoms with van der Waals surface area (Å²) in [7, 11) is 0. The monoisotopic (exact) mass is 386 g/mol. The fraction of sp³-hybridized carbons (Fsp3) is 0.381. The van der Waals surface area contributed by atoms with Crippen LogP contribution in [0.25, 0.3) is 0 Å². The second kappa shape index (κ2) is 7.31. The molecule has 142 valence electrons. The van der Waals surface area contributed by atoms with Crippen molar-refractivity contribution < 1.29 is 14.3 Å². The molecule has 0 bridgehead atoms. The first kappa shape index (κ1) is 18.0. The third kappa shape index (κ3) is 3.44. The highest BCUT2D eigenvalue weighted by molar-refractivity contribution is 6.32. The molecule has 2 aliphatic rings. The number of hydrogen-bond donors (Lipinski definition) is 1. The van der Waals surface area contributed by atoms with E-state index in [-0.39, 0.29) is 17.9 Å². The van der Waals surface area contributed by atoms with Crippen LogP contribution < -0.4 is 20.1 Å². The maximum Gasteiger partial charge on any atom is 0.225 e. The van der Waals surface area contributed by atoms with Crippen LogP contribution in [0.4, 0.5) is 5.69 Å². The third-order valence-electron chi connectivity index (χ3n) is 5.29. The van der Waals surface area contributed by atoms with E-state index >= 15 is 0 Å². The topological polar surface area (TPSA) is 64.8 Å². The second-order valence-corrected chi connectivity index (χ2v) is 7.59. The van der Waals surface area contributed by atoms with E-state index in [9.17, 15) is 4.79 Å². The summed E-state index contributed by atoms with van der Waals surface area (Å²) in [4.78, 5) is 14.2. The third-order valence-corrected chi connectivity index (χ3v) is 5.57. The minimum absolute atomic E-state index is 0.173. The van der Waals surface area contributed by atoms with E-state index in [0.29, 0.717) is 42.7 Å². The van der Waals surface area contributed by atoms with Gasteiger partial charge in [-0.05, 0) is 42.7 Å². The second-order valence-electron chi connectivity index (χ2n) is 7.18. The normalized spacial score (nSPS) is 21.3. The van der Waals surface area contributed by atoms with Gasteiger partial charge in [-0.2, -0.15) is 0 Å². The standard InChI is InChI=1S/C21H23ClN2O3/c1-13-9-16(21(23)25)15-5-2-3-6-18(15)24(13)12-14-10-17(22)20-19(11-14)26-7-4-8-27-20/h2-3,5-6,10-11,13,16H,4,7-9,12H2,1H3,(H2,23,25)/t13-,16+/m0/s1. The minimum Gasteiger partial charge on any atom is -0.489 e. The number of rotatable bonds is 3. The highest BCUT2D eigenvalue weighted by atomic mass is 35.5. The lowest BCUT2D eigenvalue weighted by atomic mass is 9.85. The number of nitrogens with zero attached hydrogens (tertiary/aromatic N) is 1. The molecule has 0 radical (unpaired) electrons. The van der Waals surface area contributed by atoms with E-state index < -0.39 is 0 Å². The number of para-hydroxylation sites is 1. The van der Waals surface area contributed by atoms with Crippen LogP contribution >= 0.6 is 11.6 Å². The summed E-state index contributed by atoms with van der Waals surface area (Å²) in [6.45, 7) is 4.02. The van der Waals surface area contributed by atoms with E-state index in [1.165, 1.54) is 0 Å². The molecule has 0 aromatic heterocycles. The van der Waals surface area contributed by atoms with Crippen LogP contribution in [0.15, 0.2) is 36.4 Å². The fourth-order valence-corrected chi connectivity index (χ4v) is 4.25. The molecule has 2 N–H and O–H groups in total. The molecule has 2 atom stereocenters. The number of fused-ring (bicyclic) bond motifs is 2. The average molecular weight is 387 g/mol. The Hall–Kier alpha value is -2.40. The summed E-state index contributed by atoms with van der Waals surface area (Å²) in [5.74, 6) is 0.800. The van der Waals surface area contributed by atoms with Crippen molar-refractivity contribution in [2.24, 2.45) is 5.73 Å². The molecule has 0 unspecified atom stereocenters. The fourth-order valence-electron chi connectivity index (χ4n) is 3.96. The maximum atomic E-state index is 11.9. The predicted octanol–water partition coefficient (Wildman–Crippen LogP) is 3.87. The number of benzene rings is 2. The Bertz CT molecular complexity index is 871. The molecular weight excluding hydrogens is 364 g/mol. The lowest BCUT2D eigenvalue weighted by Gasteiger charge is -2.40. The van der Waals surface area contributed by atoms with Crippen molar-refractivity contribution >= 4 is 23.2 Å². The van der Waals surface area contributed by atoms with Gasteiger partial charge in [-0.1, -0.05) is 29.8 Å². The molecule has 2 aliphatic heterocycles. The van der Waals surface area contributed by atoms with Gasteiger partial charge in [-0.25, -0.2) is 0 Å². The molecule has 0 aliphatic carbocycles. The minimum atomic E-state index is -0.271. The van der Waals surface area contributed by atoms with E-state index in [1.807, 2.05) is 36.4 Å². The molecular formula is C21H23ClN2O3. The number of primary amides is 1. The first-order valence-electron chi connectivity index (χ1n) is 9.27. The Morgan fingerprint density at radius 1 is 1.26 bits per heavy atom. The van der Waals surface area contributed by atoms with Gasteiger partial charge in [0.15, 0.2) is 11.5 Å². The lowest BCUT2D eigenvalue weighted by molar-refractivity contribution is -0.119. The van der Waals surface area contributed by atoms with Crippen molar-refractivity contribution in [2.75, 3.05) is 18.1 Å². The Morgan fingerprint density at radius 3 is 2.85 bits per heavy atom. The quantitative estimate of drug-likeness (QED) is 0.869. The van der Waals surface area contributed by atoms with Gasteiger partial charge in [0.1, 0.15) is 0 Å². The van der Waals surface area contributed by atoms with E-state index in [2.05, 4.69) is 11.8 Å². The Labute approximate surface area is 164 Å². The molecule has 1 amide bonds. The first-order valence-corrected chi connectivity index (χ1v) is 9.65. The molecule has 27 heavy (non-hydrogen) atoms. The summed E-state index contributed by atoms with van der Waals surface area (Å²) in [5, 5.41) is 0.567. The molecule has 2 aromatic carbocycles. The van der Waals surface area contributed by atoms with Crippen molar-refractivity contribution in [1.29, 1.82) is 0 Å². The van der Waals surface area contributed by atoms with E-state index in [1.54, 1.807) is 0 Å². The molecule has 0 spiro atoms. The van der Waals surface area contributed by atoms with Crippen LogP contribution in [0.2, 0.25) is 5.02 Å². The maximum absolute atomic E-state index is 11.9. The van der Waals surface area contributed by atoms with Crippen molar-refractivity contribution in [3.63, 3.8) is 0 Å². The summed E-state index contributed by atoms with van der Waals surface area (Å²) >= 11 is 6.45. The molecule has 0 saturated heterocycles. The average Bonchev–Trinajstić information content (AvgIpc) is 2.89. The van der Waals surface area contributed by atoms with Crippen molar-refractivity contribution in [3.05, 3.63) is 52.5 Å². The summed E-state index contributed by atoms with van der Waals surface area (Å²) in [6, 6.07) is 12.1. The molecule has 0 fully saturated rings. The molecule has 4 rings (SSSR count). The van der Waals surface area contributed by atoms with E-state index in [4.69, 9.17) is 26.8 Å². The van der Waals surface area contributed by atoms with Gasteiger partial charge in [0.25, 0.3) is 0 Å². The summed E-state index contributed by atoms with van der Waals surface area (Å²) < 4.78 is 11.5. The Morgan fingerprint density at radius 2 is 2.04 bits per heavy atom. The van der Waals surface area contributed by atoms with Crippen molar-refractivity contribution in [2.45, 2.75) is 38.3 Å². The van der Waals surface area contributed by atoms with Crippen LogP contribution in [-0.2, 0) is 11.3 Å². The highest BCUT2D eigenvalue weighted by Gasteiger charge is 2.33. The number of hydrogen-bond acceptors (Lipinski definition) is 4. The van der Waals surface area contributed by atoms with Gasteiger partial charge >= 0.3 is 0 Å². The summed E-state index contributed by atoms with van der Waals surface area (Å²) in [5.41, 5.74) is 8.73. The van der Waals surface area contributed by atoms with Crippen LogP contribution in [0, 0.1) is 0 Å². The predicted molar refractivity (Wildman–Crippen MR) is 106 cm³/mol. The number of ether oxygens (including phenoxy) is 2. The highest BCUT2D eigenvalue weighted by Crippen LogP contribution is 2.41. The summed E-state index contributed by atoms with van der Waals surface area (Å²) in [6.07, 6.45) is 1.54.